The summed E-state index contributed by atoms with van der Waals surface area (Å²) in [5, 5.41) is 0. The van der Waals surface area contributed by atoms with E-state index in [2.05, 4.69) is 25.8 Å². The summed E-state index contributed by atoms with van der Waals surface area (Å²) >= 11 is 0. The van der Waals surface area contributed by atoms with Gasteiger partial charge in [0.2, 0.25) is 0 Å². The summed E-state index contributed by atoms with van der Waals surface area (Å²) in [7, 11) is 3.60. The van der Waals surface area contributed by atoms with Crippen molar-refractivity contribution < 1.29 is 9.53 Å². The molecule has 1 aliphatic rings. The van der Waals surface area contributed by atoms with E-state index < -0.39 is 0 Å². The normalized spacial score (nSPS) is 26.9. The van der Waals surface area contributed by atoms with Crippen LogP contribution in [0.3, 0.4) is 0 Å². The molecule has 1 rings (SSSR count). The first-order valence-electron chi connectivity index (χ1n) is 6.87. The molecule has 1 atom stereocenters. The highest BCUT2D eigenvalue weighted by Gasteiger charge is 2.26. The number of carbonyl (C=O) groups excluding carboxylic acids is 1. The molecule has 0 aliphatic heterocycles. The first kappa shape index (κ1) is 14.5. The fourth-order valence-electron chi connectivity index (χ4n) is 2.79. The van der Waals surface area contributed by atoms with Gasteiger partial charge in [-0.05, 0) is 45.6 Å². The number of rotatable bonds is 5. The first-order valence-corrected chi connectivity index (χ1v) is 6.87. The zero-order valence-corrected chi connectivity index (χ0v) is 11.7. The molecule has 1 aliphatic carbocycles. The number of carbonyl (C=O) groups is 1. The SMILES string of the molecule is CCC1CCC(N(C)C(C)CC(=O)OC)CC1. The second-order valence-electron chi connectivity index (χ2n) is 5.38. The first-order chi connectivity index (χ1) is 8.08. The largest absolute Gasteiger partial charge is 0.469 e. The summed E-state index contributed by atoms with van der Waals surface area (Å²) in [5.41, 5.74) is 0. The van der Waals surface area contributed by atoms with Crippen molar-refractivity contribution in [1.29, 1.82) is 0 Å². The zero-order chi connectivity index (χ0) is 12.8. The maximum Gasteiger partial charge on any atom is 0.307 e. The second-order valence-corrected chi connectivity index (χ2v) is 5.38. The van der Waals surface area contributed by atoms with Crippen LogP contribution in [0.2, 0.25) is 0 Å². The molecule has 1 fully saturated rings. The highest BCUT2D eigenvalue weighted by atomic mass is 16.5. The maximum atomic E-state index is 11.3. The summed E-state index contributed by atoms with van der Waals surface area (Å²) < 4.78 is 4.73. The third-order valence-electron chi connectivity index (χ3n) is 4.35. The van der Waals surface area contributed by atoms with Gasteiger partial charge in [-0.3, -0.25) is 4.79 Å². The van der Waals surface area contributed by atoms with Gasteiger partial charge in [-0.25, -0.2) is 0 Å². The minimum Gasteiger partial charge on any atom is -0.469 e. The Kier molecular flexibility index (Phi) is 5.96. The van der Waals surface area contributed by atoms with Gasteiger partial charge >= 0.3 is 5.97 Å². The molecule has 3 heteroatoms. The van der Waals surface area contributed by atoms with Crippen LogP contribution in [-0.4, -0.2) is 37.1 Å². The van der Waals surface area contributed by atoms with Gasteiger partial charge in [0, 0.05) is 12.1 Å². The lowest BCUT2D eigenvalue weighted by molar-refractivity contribution is -0.142. The van der Waals surface area contributed by atoms with Crippen LogP contribution >= 0.6 is 0 Å². The molecule has 0 heterocycles. The van der Waals surface area contributed by atoms with E-state index >= 15 is 0 Å². The summed E-state index contributed by atoms with van der Waals surface area (Å²) in [6.45, 7) is 4.40. The van der Waals surface area contributed by atoms with Gasteiger partial charge in [0.25, 0.3) is 0 Å². The molecule has 0 radical (unpaired) electrons. The predicted molar refractivity (Wildman–Crippen MR) is 69.9 cm³/mol. The van der Waals surface area contributed by atoms with Gasteiger partial charge < -0.3 is 9.64 Å². The third kappa shape index (κ3) is 4.30. The molecular formula is C14H27NO2. The van der Waals surface area contributed by atoms with Gasteiger partial charge in [0.05, 0.1) is 13.5 Å². The quantitative estimate of drug-likeness (QED) is 0.693. The Bertz CT molecular complexity index is 234. The lowest BCUT2D eigenvalue weighted by atomic mass is 9.83. The fraction of sp³-hybridized carbons (Fsp3) is 0.929. The van der Waals surface area contributed by atoms with E-state index in [0.29, 0.717) is 12.5 Å². The monoisotopic (exact) mass is 241 g/mol. The highest BCUT2D eigenvalue weighted by Crippen LogP contribution is 2.29. The van der Waals surface area contributed by atoms with Gasteiger partial charge in [0.1, 0.15) is 0 Å². The summed E-state index contributed by atoms with van der Waals surface area (Å²) in [6.07, 6.45) is 7.06. The van der Waals surface area contributed by atoms with Crippen molar-refractivity contribution in [3.63, 3.8) is 0 Å². The molecule has 0 saturated heterocycles. The van der Waals surface area contributed by atoms with E-state index in [1.165, 1.54) is 39.2 Å². The van der Waals surface area contributed by atoms with Crippen molar-refractivity contribution in [2.24, 2.45) is 5.92 Å². The summed E-state index contributed by atoms with van der Waals surface area (Å²) in [4.78, 5) is 13.6. The van der Waals surface area contributed by atoms with Crippen molar-refractivity contribution in [3.05, 3.63) is 0 Å². The van der Waals surface area contributed by atoms with Gasteiger partial charge in [-0.15, -0.1) is 0 Å². The Labute approximate surface area is 106 Å². The fourth-order valence-corrected chi connectivity index (χ4v) is 2.79. The average molecular weight is 241 g/mol. The van der Waals surface area contributed by atoms with Crippen molar-refractivity contribution >= 4 is 5.97 Å². The van der Waals surface area contributed by atoms with Crippen LogP contribution in [0.15, 0.2) is 0 Å². The minimum atomic E-state index is -0.105. The Morgan fingerprint density at radius 3 is 2.41 bits per heavy atom. The van der Waals surface area contributed by atoms with E-state index in [9.17, 15) is 4.79 Å². The molecular weight excluding hydrogens is 214 g/mol. The molecule has 100 valence electrons. The molecule has 3 nitrogen and oxygen atoms in total. The van der Waals surface area contributed by atoms with Crippen LogP contribution in [0.25, 0.3) is 0 Å². The Morgan fingerprint density at radius 2 is 1.94 bits per heavy atom. The standard InChI is InChI=1S/C14H27NO2/c1-5-12-6-8-13(9-7-12)15(3)11(2)10-14(16)17-4/h11-13H,5-10H2,1-4H3. The smallest absolute Gasteiger partial charge is 0.307 e. The Hall–Kier alpha value is -0.570. The van der Waals surface area contributed by atoms with E-state index in [1.54, 1.807) is 0 Å². The van der Waals surface area contributed by atoms with Crippen molar-refractivity contribution in [2.45, 2.75) is 64.5 Å². The van der Waals surface area contributed by atoms with Gasteiger partial charge in [-0.1, -0.05) is 13.3 Å². The lowest BCUT2D eigenvalue weighted by Gasteiger charge is -2.37. The molecule has 0 N–H and O–H groups in total. The highest BCUT2D eigenvalue weighted by molar-refractivity contribution is 5.69. The summed E-state index contributed by atoms with van der Waals surface area (Å²) in [5.74, 6) is 0.821. The third-order valence-corrected chi connectivity index (χ3v) is 4.35. The second kappa shape index (κ2) is 7.00. The van der Waals surface area contributed by atoms with E-state index in [0.717, 1.165) is 5.92 Å². The number of nitrogens with zero attached hydrogens (tertiary/aromatic N) is 1. The van der Waals surface area contributed by atoms with Crippen molar-refractivity contribution in [1.82, 2.24) is 4.90 Å². The predicted octanol–water partition coefficient (Wildman–Crippen LogP) is 2.84. The maximum absolute atomic E-state index is 11.3. The van der Waals surface area contributed by atoms with Crippen molar-refractivity contribution in [3.8, 4) is 0 Å². The van der Waals surface area contributed by atoms with Crippen LogP contribution in [-0.2, 0) is 9.53 Å². The molecule has 0 spiro atoms. The minimum absolute atomic E-state index is 0.105. The summed E-state index contributed by atoms with van der Waals surface area (Å²) in [6, 6.07) is 0.933. The van der Waals surface area contributed by atoms with Crippen LogP contribution in [0.1, 0.15) is 52.4 Å². The number of esters is 1. The number of methoxy groups -OCH3 is 1. The van der Waals surface area contributed by atoms with Crippen LogP contribution in [0.4, 0.5) is 0 Å². The van der Waals surface area contributed by atoms with Gasteiger partial charge in [-0.2, -0.15) is 0 Å². The molecule has 0 amide bonds. The van der Waals surface area contributed by atoms with E-state index in [4.69, 9.17) is 4.74 Å². The van der Waals surface area contributed by atoms with Crippen LogP contribution in [0, 0.1) is 5.92 Å². The molecule has 1 unspecified atom stereocenters. The van der Waals surface area contributed by atoms with E-state index in [-0.39, 0.29) is 12.0 Å². The lowest BCUT2D eigenvalue weighted by Crippen LogP contribution is -2.41. The number of ether oxygens (including phenoxy) is 1. The zero-order valence-electron chi connectivity index (χ0n) is 11.7. The van der Waals surface area contributed by atoms with Crippen LogP contribution < -0.4 is 0 Å². The van der Waals surface area contributed by atoms with Crippen LogP contribution in [0.5, 0.6) is 0 Å². The van der Waals surface area contributed by atoms with Crippen molar-refractivity contribution in [2.75, 3.05) is 14.2 Å². The number of hydrogen-bond acceptors (Lipinski definition) is 3. The van der Waals surface area contributed by atoms with E-state index in [1.807, 2.05) is 0 Å². The Balaban J connectivity index is 2.37. The number of hydrogen-bond donors (Lipinski definition) is 0. The van der Waals surface area contributed by atoms with Gasteiger partial charge in [0.15, 0.2) is 0 Å². The molecule has 1 saturated carbocycles. The molecule has 0 bridgehead atoms. The average Bonchev–Trinajstić information content (AvgIpc) is 2.37. The Morgan fingerprint density at radius 1 is 1.35 bits per heavy atom. The molecule has 0 aromatic heterocycles. The molecule has 17 heavy (non-hydrogen) atoms. The molecule has 0 aromatic rings. The molecule has 0 aromatic carbocycles. The topological polar surface area (TPSA) is 29.5 Å².